The van der Waals surface area contributed by atoms with Crippen molar-refractivity contribution in [1.82, 2.24) is 0 Å². The normalized spacial score (nSPS) is 22.2. The minimum absolute atomic E-state index is 0.488. The molecule has 0 aromatic carbocycles. The molecule has 0 fully saturated rings. The van der Waals surface area contributed by atoms with Crippen LogP contribution in [0, 0.1) is 17.2 Å². The molecular weight excluding hydrogens is 134 g/mol. The Morgan fingerprint density at radius 3 is 3.09 bits per heavy atom. The molecule has 11 heavy (non-hydrogen) atoms. The Morgan fingerprint density at radius 2 is 2.36 bits per heavy atom. The third-order valence-corrected chi connectivity index (χ3v) is 1.62. The highest BCUT2D eigenvalue weighted by atomic mass is 14.2. The van der Waals surface area contributed by atoms with Crippen molar-refractivity contribution in [1.29, 1.82) is 5.26 Å². The van der Waals surface area contributed by atoms with Crippen molar-refractivity contribution in [2.45, 2.75) is 13.3 Å². The maximum Gasteiger partial charge on any atom is 0.0669 e. The molecular formula is C10H11N. The van der Waals surface area contributed by atoms with Crippen LogP contribution < -0.4 is 0 Å². The van der Waals surface area contributed by atoms with Crippen molar-refractivity contribution in [3.8, 4) is 6.07 Å². The lowest BCUT2D eigenvalue weighted by atomic mass is 10.1. The van der Waals surface area contributed by atoms with Crippen LogP contribution in [0.2, 0.25) is 0 Å². The van der Waals surface area contributed by atoms with Crippen molar-refractivity contribution in [2.24, 2.45) is 5.92 Å². The predicted molar refractivity (Wildman–Crippen MR) is 45.8 cm³/mol. The maximum atomic E-state index is 8.43. The first-order chi connectivity index (χ1) is 5.33. The van der Waals surface area contributed by atoms with Gasteiger partial charge in [-0.25, -0.2) is 0 Å². The molecule has 1 atom stereocenters. The SMILES string of the molecule is CC1C=CC=C(CC#N)C=C1. The van der Waals surface area contributed by atoms with E-state index in [1.807, 2.05) is 18.2 Å². The molecule has 0 heterocycles. The van der Waals surface area contributed by atoms with Crippen LogP contribution in [-0.2, 0) is 0 Å². The van der Waals surface area contributed by atoms with Crippen LogP contribution in [0.5, 0.6) is 0 Å². The number of allylic oxidation sites excluding steroid dienone is 6. The fourth-order valence-electron chi connectivity index (χ4n) is 0.959. The summed E-state index contributed by atoms with van der Waals surface area (Å²) in [6.07, 6.45) is 10.7. The Labute approximate surface area is 67.3 Å². The molecule has 0 aromatic rings. The summed E-state index contributed by atoms with van der Waals surface area (Å²) in [5.41, 5.74) is 1.09. The summed E-state index contributed by atoms with van der Waals surface area (Å²) in [6.45, 7) is 2.12. The Kier molecular flexibility index (Phi) is 2.68. The summed E-state index contributed by atoms with van der Waals surface area (Å²) < 4.78 is 0. The molecule has 1 rings (SSSR count). The molecule has 1 nitrogen and oxygen atoms in total. The molecule has 0 bridgehead atoms. The van der Waals surface area contributed by atoms with Crippen LogP contribution in [-0.4, -0.2) is 0 Å². The van der Waals surface area contributed by atoms with Crippen molar-refractivity contribution in [3.05, 3.63) is 36.0 Å². The zero-order valence-corrected chi connectivity index (χ0v) is 6.62. The third kappa shape index (κ3) is 2.43. The van der Waals surface area contributed by atoms with E-state index < -0.39 is 0 Å². The third-order valence-electron chi connectivity index (χ3n) is 1.62. The van der Waals surface area contributed by atoms with E-state index in [9.17, 15) is 0 Å². The van der Waals surface area contributed by atoms with Gasteiger partial charge in [-0.3, -0.25) is 0 Å². The lowest BCUT2D eigenvalue weighted by molar-refractivity contribution is 0.941. The second kappa shape index (κ2) is 3.78. The first-order valence-corrected chi connectivity index (χ1v) is 3.75. The second-order valence-electron chi connectivity index (χ2n) is 2.68. The smallest absolute Gasteiger partial charge is 0.0669 e. The number of nitriles is 1. The van der Waals surface area contributed by atoms with Crippen LogP contribution in [0.15, 0.2) is 36.0 Å². The Bertz CT molecular complexity index is 251. The zero-order valence-electron chi connectivity index (χ0n) is 6.62. The van der Waals surface area contributed by atoms with E-state index >= 15 is 0 Å². The number of hydrogen-bond acceptors (Lipinski definition) is 1. The van der Waals surface area contributed by atoms with Gasteiger partial charge in [0.05, 0.1) is 12.5 Å². The zero-order chi connectivity index (χ0) is 8.10. The molecule has 56 valence electrons. The molecule has 0 aromatic heterocycles. The van der Waals surface area contributed by atoms with E-state index in [-0.39, 0.29) is 0 Å². The Morgan fingerprint density at radius 1 is 1.55 bits per heavy atom. The van der Waals surface area contributed by atoms with Gasteiger partial charge >= 0.3 is 0 Å². The van der Waals surface area contributed by atoms with Crippen LogP contribution in [0.1, 0.15) is 13.3 Å². The maximum absolute atomic E-state index is 8.43. The summed E-state index contributed by atoms with van der Waals surface area (Å²) >= 11 is 0. The topological polar surface area (TPSA) is 23.8 Å². The summed E-state index contributed by atoms with van der Waals surface area (Å²) in [7, 11) is 0. The van der Waals surface area contributed by atoms with E-state index in [1.54, 1.807) is 0 Å². The standard InChI is InChI=1S/C10H11N/c1-9-3-2-4-10(6-5-9)7-8-11/h2-6,9H,7H2,1H3. The van der Waals surface area contributed by atoms with E-state index in [1.165, 1.54) is 0 Å². The molecule has 0 saturated carbocycles. The van der Waals surface area contributed by atoms with Gasteiger partial charge in [0.1, 0.15) is 0 Å². The monoisotopic (exact) mass is 145 g/mol. The number of rotatable bonds is 1. The molecule has 0 aliphatic heterocycles. The summed E-state index contributed by atoms with van der Waals surface area (Å²) in [5, 5.41) is 8.43. The first kappa shape index (κ1) is 7.81. The largest absolute Gasteiger partial charge is 0.198 e. The van der Waals surface area contributed by atoms with Gasteiger partial charge in [0.2, 0.25) is 0 Å². The molecule has 0 spiro atoms. The lowest BCUT2D eigenvalue weighted by Gasteiger charge is -1.92. The molecule has 0 amide bonds. The number of nitrogens with zero attached hydrogens (tertiary/aromatic N) is 1. The minimum atomic E-state index is 0.488. The average Bonchev–Trinajstić information content (AvgIpc) is 2.17. The van der Waals surface area contributed by atoms with Gasteiger partial charge in [0.15, 0.2) is 0 Å². The van der Waals surface area contributed by atoms with E-state index in [4.69, 9.17) is 5.26 Å². The molecule has 0 saturated heterocycles. The second-order valence-corrected chi connectivity index (χ2v) is 2.68. The fraction of sp³-hybridized carbons (Fsp3) is 0.300. The van der Waals surface area contributed by atoms with Gasteiger partial charge in [-0.05, 0) is 11.5 Å². The van der Waals surface area contributed by atoms with Crippen LogP contribution in [0.3, 0.4) is 0 Å². The fourth-order valence-corrected chi connectivity index (χ4v) is 0.959. The summed E-state index contributed by atoms with van der Waals surface area (Å²) in [5.74, 6) is 0.488. The van der Waals surface area contributed by atoms with Gasteiger partial charge in [-0.15, -0.1) is 0 Å². The lowest BCUT2D eigenvalue weighted by Crippen LogP contribution is -1.79. The van der Waals surface area contributed by atoms with E-state index in [0.29, 0.717) is 12.3 Å². The Balaban J connectivity index is 2.70. The van der Waals surface area contributed by atoms with Crippen molar-refractivity contribution in [3.63, 3.8) is 0 Å². The highest BCUT2D eigenvalue weighted by Gasteiger charge is 1.95. The van der Waals surface area contributed by atoms with Crippen LogP contribution in [0.25, 0.3) is 0 Å². The van der Waals surface area contributed by atoms with Crippen molar-refractivity contribution >= 4 is 0 Å². The highest BCUT2D eigenvalue weighted by Crippen LogP contribution is 2.11. The van der Waals surface area contributed by atoms with Gasteiger partial charge < -0.3 is 0 Å². The first-order valence-electron chi connectivity index (χ1n) is 3.75. The molecule has 1 aliphatic rings. The summed E-state index contributed by atoms with van der Waals surface area (Å²) in [6, 6.07) is 2.13. The van der Waals surface area contributed by atoms with Gasteiger partial charge in [0, 0.05) is 0 Å². The van der Waals surface area contributed by atoms with Crippen molar-refractivity contribution < 1.29 is 0 Å². The predicted octanol–water partition coefficient (Wildman–Crippen LogP) is 2.59. The molecule has 1 heteroatoms. The molecule has 0 radical (unpaired) electrons. The average molecular weight is 145 g/mol. The highest BCUT2D eigenvalue weighted by molar-refractivity contribution is 5.30. The minimum Gasteiger partial charge on any atom is -0.198 e. The molecule has 0 N–H and O–H groups in total. The van der Waals surface area contributed by atoms with E-state index in [0.717, 1.165) is 5.57 Å². The quantitative estimate of drug-likeness (QED) is 0.556. The van der Waals surface area contributed by atoms with Crippen LogP contribution >= 0.6 is 0 Å². The van der Waals surface area contributed by atoms with Gasteiger partial charge in [0.25, 0.3) is 0 Å². The summed E-state index contributed by atoms with van der Waals surface area (Å²) in [4.78, 5) is 0. The van der Waals surface area contributed by atoms with E-state index in [2.05, 4.69) is 25.1 Å². The van der Waals surface area contributed by atoms with Crippen LogP contribution in [0.4, 0.5) is 0 Å². The van der Waals surface area contributed by atoms with Crippen molar-refractivity contribution in [2.75, 3.05) is 0 Å². The number of hydrogen-bond donors (Lipinski definition) is 0. The molecule has 1 aliphatic carbocycles. The van der Waals surface area contributed by atoms with Gasteiger partial charge in [-0.1, -0.05) is 37.3 Å². The molecule has 1 unspecified atom stereocenters. The van der Waals surface area contributed by atoms with Gasteiger partial charge in [-0.2, -0.15) is 5.26 Å². The Hall–Kier alpha value is -1.29.